The van der Waals surface area contributed by atoms with E-state index in [-0.39, 0.29) is 5.97 Å². The molecule has 1 N–H and O–H groups in total. The van der Waals surface area contributed by atoms with Crippen LogP contribution in [0.3, 0.4) is 0 Å². The third-order valence-electron chi connectivity index (χ3n) is 3.56. The molecule has 1 aromatic rings. The molecule has 0 bridgehead atoms. The highest BCUT2D eigenvalue weighted by molar-refractivity contribution is 5.89. The normalized spacial score (nSPS) is 23.9. The van der Waals surface area contributed by atoms with Crippen molar-refractivity contribution in [2.45, 2.75) is 25.4 Å². The van der Waals surface area contributed by atoms with Gasteiger partial charge in [0.15, 0.2) is 0 Å². The molecule has 2 rings (SSSR count). The predicted molar refractivity (Wildman–Crippen MR) is 71.9 cm³/mol. The van der Waals surface area contributed by atoms with Crippen LogP contribution in [0.5, 0.6) is 0 Å². The molecule has 98 valence electrons. The zero-order valence-corrected chi connectivity index (χ0v) is 11.1. The molecule has 1 saturated heterocycles. The second-order valence-corrected chi connectivity index (χ2v) is 4.93. The van der Waals surface area contributed by atoms with Gasteiger partial charge in [-0.1, -0.05) is 0 Å². The van der Waals surface area contributed by atoms with Crippen molar-refractivity contribution in [2.24, 2.45) is 0 Å². The maximum atomic E-state index is 11.3. The zero-order chi connectivity index (χ0) is 13.1. The first-order valence-corrected chi connectivity index (χ1v) is 6.25. The number of methoxy groups -OCH3 is 1. The fourth-order valence-electron chi connectivity index (χ4n) is 2.35. The number of carbonyl (C=O) groups is 1. The van der Waals surface area contributed by atoms with E-state index in [1.54, 1.807) is 12.1 Å². The number of rotatable bonds is 3. The van der Waals surface area contributed by atoms with E-state index in [0.29, 0.717) is 17.6 Å². The molecule has 1 heterocycles. The van der Waals surface area contributed by atoms with Crippen molar-refractivity contribution < 1.29 is 9.53 Å². The van der Waals surface area contributed by atoms with Gasteiger partial charge in [0, 0.05) is 24.3 Å². The summed E-state index contributed by atoms with van der Waals surface area (Å²) in [5.74, 6) is -0.296. The van der Waals surface area contributed by atoms with Crippen LogP contribution >= 0.6 is 0 Å². The van der Waals surface area contributed by atoms with E-state index < -0.39 is 0 Å². The average molecular weight is 248 g/mol. The van der Waals surface area contributed by atoms with Gasteiger partial charge in [0.05, 0.1) is 12.7 Å². The summed E-state index contributed by atoms with van der Waals surface area (Å²) in [7, 11) is 3.54. The lowest BCUT2D eigenvalue weighted by Crippen LogP contribution is -2.24. The van der Waals surface area contributed by atoms with E-state index in [1.165, 1.54) is 7.11 Å². The summed E-state index contributed by atoms with van der Waals surface area (Å²) in [5, 5.41) is 3.49. The molecule has 2 unspecified atom stereocenters. The monoisotopic (exact) mass is 248 g/mol. The summed E-state index contributed by atoms with van der Waals surface area (Å²) < 4.78 is 4.67. The summed E-state index contributed by atoms with van der Waals surface area (Å²) >= 11 is 0. The minimum Gasteiger partial charge on any atom is -0.465 e. The first-order valence-electron chi connectivity index (χ1n) is 6.25. The van der Waals surface area contributed by atoms with Gasteiger partial charge in [-0.2, -0.15) is 0 Å². The zero-order valence-electron chi connectivity index (χ0n) is 11.1. The van der Waals surface area contributed by atoms with Crippen LogP contribution in [0.2, 0.25) is 0 Å². The molecule has 4 nitrogen and oxygen atoms in total. The van der Waals surface area contributed by atoms with Gasteiger partial charge in [0.2, 0.25) is 0 Å². The van der Waals surface area contributed by atoms with E-state index in [0.717, 1.165) is 18.7 Å². The van der Waals surface area contributed by atoms with Crippen LogP contribution in [0, 0.1) is 0 Å². The number of nitrogens with one attached hydrogen (secondary N) is 1. The van der Waals surface area contributed by atoms with Gasteiger partial charge in [0.25, 0.3) is 0 Å². The summed E-state index contributed by atoms with van der Waals surface area (Å²) in [6.45, 7) is 3.29. The van der Waals surface area contributed by atoms with Crippen molar-refractivity contribution in [1.82, 2.24) is 4.90 Å². The minimum atomic E-state index is -0.296. The first-order chi connectivity index (χ1) is 8.60. The number of likely N-dealkylation sites (tertiary alicyclic amines) is 1. The number of anilines is 1. The Labute approximate surface area is 108 Å². The number of carbonyl (C=O) groups excluding carboxylic acids is 1. The van der Waals surface area contributed by atoms with Gasteiger partial charge < -0.3 is 15.0 Å². The number of ether oxygens (including phenoxy) is 1. The van der Waals surface area contributed by atoms with Crippen molar-refractivity contribution in [3.63, 3.8) is 0 Å². The highest BCUT2D eigenvalue weighted by Gasteiger charge is 2.25. The van der Waals surface area contributed by atoms with Gasteiger partial charge in [0.1, 0.15) is 0 Å². The Balaban J connectivity index is 1.97. The van der Waals surface area contributed by atoms with Crippen LogP contribution < -0.4 is 5.32 Å². The van der Waals surface area contributed by atoms with Crippen LogP contribution in [0.4, 0.5) is 5.69 Å². The lowest BCUT2D eigenvalue weighted by molar-refractivity contribution is 0.0601. The van der Waals surface area contributed by atoms with Gasteiger partial charge in [-0.3, -0.25) is 0 Å². The van der Waals surface area contributed by atoms with Gasteiger partial charge >= 0.3 is 5.97 Å². The van der Waals surface area contributed by atoms with E-state index in [2.05, 4.69) is 28.9 Å². The van der Waals surface area contributed by atoms with E-state index in [1.807, 2.05) is 12.1 Å². The molecule has 1 fully saturated rings. The second-order valence-electron chi connectivity index (χ2n) is 4.93. The minimum absolute atomic E-state index is 0.296. The number of benzene rings is 1. The largest absolute Gasteiger partial charge is 0.465 e. The molecule has 0 saturated carbocycles. The second kappa shape index (κ2) is 5.40. The van der Waals surface area contributed by atoms with Crippen LogP contribution in [0.15, 0.2) is 24.3 Å². The lowest BCUT2D eigenvalue weighted by Gasteiger charge is -2.14. The maximum Gasteiger partial charge on any atom is 0.337 e. The smallest absolute Gasteiger partial charge is 0.337 e. The molecule has 0 aromatic heterocycles. The molecule has 0 radical (unpaired) electrons. The molecule has 0 aliphatic carbocycles. The SMILES string of the molecule is COC(=O)c1ccc(NC2CC(C)N(C)C2)cc1. The standard InChI is InChI=1S/C14H20N2O2/c1-10-8-13(9-16(10)2)15-12-6-4-11(5-7-12)14(17)18-3/h4-7,10,13,15H,8-9H2,1-3H3. The topological polar surface area (TPSA) is 41.6 Å². The summed E-state index contributed by atoms with van der Waals surface area (Å²) in [4.78, 5) is 13.7. The van der Waals surface area contributed by atoms with E-state index in [4.69, 9.17) is 0 Å². The molecule has 1 aliphatic heterocycles. The molecule has 1 aromatic carbocycles. The first kappa shape index (κ1) is 12.9. The third-order valence-corrected chi connectivity index (χ3v) is 3.56. The average Bonchev–Trinajstić information content (AvgIpc) is 2.68. The molecule has 0 amide bonds. The Bertz CT molecular complexity index is 406. The summed E-state index contributed by atoms with van der Waals surface area (Å²) in [6, 6.07) is 8.53. The lowest BCUT2D eigenvalue weighted by atomic mass is 10.1. The molecular weight excluding hydrogens is 228 g/mol. The third kappa shape index (κ3) is 2.82. The number of hydrogen-bond acceptors (Lipinski definition) is 4. The molecular formula is C14H20N2O2. The predicted octanol–water partition coefficient (Wildman–Crippen LogP) is 1.98. The Morgan fingerprint density at radius 1 is 1.39 bits per heavy atom. The molecule has 1 aliphatic rings. The molecule has 4 heteroatoms. The number of esters is 1. The Morgan fingerprint density at radius 2 is 2.06 bits per heavy atom. The number of hydrogen-bond donors (Lipinski definition) is 1. The number of nitrogens with zero attached hydrogens (tertiary/aromatic N) is 1. The van der Waals surface area contributed by atoms with Crippen molar-refractivity contribution in [1.29, 1.82) is 0 Å². The Hall–Kier alpha value is -1.55. The van der Waals surface area contributed by atoms with Gasteiger partial charge in [-0.15, -0.1) is 0 Å². The van der Waals surface area contributed by atoms with Crippen molar-refractivity contribution in [3.8, 4) is 0 Å². The van der Waals surface area contributed by atoms with Crippen LogP contribution in [-0.4, -0.2) is 43.7 Å². The Morgan fingerprint density at radius 3 is 2.56 bits per heavy atom. The molecule has 0 spiro atoms. The maximum absolute atomic E-state index is 11.3. The molecule has 2 atom stereocenters. The van der Waals surface area contributed by atoms with E-state index in [9.17, 15) is 4.79 Å². The van der Waals surface area contributed by atoms with Crippen molar-refractivity contribution in [2.75, 3.05) is 26.0 Å². The summed E-state index contributed by atoms with van der Waals surface area (Å²) in [5.41, 5.74) is 1.63. The highest BCUT2D eigenvalue weighted by Crippen LogP contribution is 2.20. The van der Waals surface area contributed by atoms with Crippen molar-refractivity contribution >= 4 is 11.7 Å². The number of likely N-dealkylation sites (N-methyl/N-ethyl adjacent to an activating group) is 1. The quantitative estimate of drug-likeness (QED) is 0.830. The van der Waals surface area contributed by atoms with Gasteiger partial charge in [-0.25, -0.2) is 4.79 Å². The van der Waals surface area contributed by atoms with Crippen LogP contribution in [0.1, 0.15) is 23.7 Å². The fraction of sp³-hybridized carbons (Fsp3) is 0.500. The van der Waals surface area contributed by atoms with Crippen LogP contribution in [-0.2, 0) is 4.74 Å². The fourth-order valence-corrected chi connectivity index (χ4v) is 2.35. The van der Waals surface area contributed by atoms with Crippen LogP contribution in [0.25, 0.3) is 0 Å². The summed E-state index contributed by atoms with van der Waals surface area (Å²) in [6.07, 6.45) is 1.15. The van der Waals surface area contributed by atoms with Crippen molar-refractivity contribution in [3.05, 3.63) is 29.8 Å². The highest BCUT2D eigenvalue weighted by atomic mass is 16.5. The Kier molecular flexibility index (Phi) is 3.87. The molecule has 18 heavy (non-hydrogen) atoms. The van der Waals surface area contributed by atoms with E-state index >= 15 is 0 Å². The van der Waals surface area contributed by atoms with Gasteiger partial charge in [-0.05, 0) is 44.7 Å².